The van der Waals surface area contributed by atoms with E-state index in [1.165, 1.54) is 12.1 Å². The number of ether oxygens (including phenoxy) is 1. The summed E-state index contributed by atoms with van der Waals surface area (Å²) in [5, 5.41) is 17.3. The first-order valence-corrected chi connectivity index (χ1v) is 9.44. The smallest absolute Gasteiger partial charge is 0.269 e. The fourth-order valence-electron chi connectivity index (χ4n) is 2.36. The Hall–Kier alpha value is -1.07. The molecule has 2 N–H and O–H groups in total. The molecular weight excluding hydrogens is 455 g/mol. The van der Waals surface area contributed by atoms with E-state index in [0.29, 0.717) is 6.54 Å². The highest BCUT2D eigenvalue weighted by atomic mass is 127. The van der Waals surface area contributed by atoms with Crippen molar-refractivity contribution in [2.24, 2.45) is 4.99 Å². The zero-order valence-corrected chi connectivity index (χ0v) is 17.4. The molecule has 140 valence electrons. The molecule has 0 spiro atoms. The number of guanidine groups is 1. The van der Waals surface area contributed by atoms with Gasteiger partial charge in [0.25, 0.3) is 5.69 Å². The van der Waals surface area contributed by atoms with E-state index in [2.05, 4.69) is 21.9 Å². The van der Waals surface area contributed by atoms with Crippen molar-refractivity contribution in [3.63, 3.8) is 0 Å². The highest BCUT2D eigenvalue weighted by Crippen LogP contribution is 2.13. The number of hydrogen-bond acceptors (Lipinski definition) is 5. The Morgan fingerprint density at radius 3 is 2.76 bits per heavy atom. The van der Waals surface area contributed by atoms with Gasteiger partial charge in [-0.05, 0) is 24.7 Å². The van der Waals surface area contributed by atoms with Crippen LogP contribution in [0, 0.1) is 10.1 Å². The number of nitrogens with one attached hydrogen (secondary N) is 2. The van der Waals surface area contributed by atoms with Crippen LogP contribution in [0.2, 0.25) is 0 Å². The molecule has 1 aromatic carbocycles. The van der Waals surface area contributed by atoms with Crippen LogP contribution in [0.15, 0.2) is 29.3 Å². The monoisotopic (exact) mass is 480 g/mol. The van der Waals surface area contributed by atoms with Crippen molar-refractivity contribution >= 4 is 47.4 Å². The van der Waals surface area contributed by atoms with Gasteiger partial charge in [0.2, 0.25) is 0 Å². The maximum atomic E-state index is 10.7. The number of non-ortho nitro benzene ring substituents is 1. The number of nitro benzene ring substituents is 1. The van der Waals surface area contributed by atoms with Crippen LogP contribution in [0.3, 0.4) is 0 Å². The van der Waals surface area contributed by atoms with E-state index in [9.17, 15) is 10.1 Å². The number of hydrogen-bond donors (Lipinski definition) is 2. The number of benzene rings is 1. The second-order valence-corrected chi connectivity index (χ2v) is 6.51. The first-order chi connectivity index (χ1) is 11.7. The van der Waals surface area contributed by atoms with E-state index < -0.39 is 4.92 Å². The molecule has 7 nitrogen and oxygen atoms in total. The molecule has 1 atom stereocenters. The van der Waals surface area contributed by atoms with E-state index in [1.54, 1.807) is 23.9 Å². The number of nitrogens with zero attached hydrogens (tertiary/aromatic N) is 2. The van der Waals surface area contributed by atoms with Gasteiger partial charge in [-0.15, -0.1) is 24.0 Å². The zero-order chi connectivity index (χ0) is 17.2. The van der Waals surface area contributed by atoms with Crippen LogP contribution >= 0.6 is 35.7 Å². The molecule has 1 aromatic rings. The highest BCUT2D eigenvalue weighted by molar-refractivity contribution is 14.0. The second-order valence-electron chi connectivity index (χ2n) is 5.52. The summed E-state index contributed by atoms with van der Waals surface area (Å²) in [5.74, 6) is 1.75. The summed E-state index contributed by atoms with van der Waals surface area (Å²) in [6.07, 6.45) is 4.50. The van der Waals surface area contributed by atoms with Crippen molar-refractivity contribution in [3.8, 4) is 0 Å². The van der Waals surface area contributed by atoms with E-state index >= 15 is 0 Å². The molecule has 25 heavy (non-hydrogen) atoms. The number of rotatable bonds is 8. The molecule has 0 radical (unpaired) electrons. The predicted octanol–water partition coefficient (Wildman–Crippen LogP) is 2.79. The normalized spacial score (nSPS) is 17.0. The lowest BCUT2D eigenvalue weighted by molar-refractivity contribution is -0.384. The molecule has 0 aliphatic carbocycles. The van der Waals surface area contributed by atoms with Gasteiger partial charge in [0, 0.05) is 37.6 Å². The fourth-order valence-corrected chi connectivity index (χ4v) is 2.66. The van der Waals surface area contributed by atoms with Crippen molar-refractivity contribution < 1.29 is 9.66 Å². The third-order valence-electron chi connectivity index (χ3n) is 3.69. The lowest BCUT2D eigenvalue weighted by Gasteiger charge is -2.15. The van der Waals surface area contributed by atoms with E-state index in [1.807, 2.05) is 0 Å². The zero-order valence-electron chi connectivity index (χ0n) is 14.3. The predicted molar refractivity (Wildman–Crippen MR) is 113 cm³/mol. The van der Waals surface area contributed by atoms with Gasteiger partial charge < -0.3 is 15.4 Å². The summed E-state index contributed by atoms with van der Waals surface area (Å²) in [4.78, 5) is 14.8. The first-order valence-electron chi connectivity index (χ1n) is 8.05. The van der Waals surface area contributed by atoms with Gasteiger partial charge in [-0.25, -0.2) is 4.99 Å². The van der Waals surface area contributed by atoms with Crippen molar-refractivity contribution in [1.29, 1.82) is 0 Å². The first kappa shape index (κ1) is 22.0. The van der Waals surface area contributed by atoms with E-state index in [4.69, 9.17) is 4.74 Å². The summed E-state index contributed by atoms with van der Waals surface area (Å²) < 4.78 is 5.61. The molecule has 9 heteroatoms. The van der Waals surface area contributed by atoms with Gasteiger partial charge >= 0.3 is 0 Å². The molecule has 1 fully saturated rings. The molecule has 1 aliphatic rings. The van der Waals surface area contributed by atoms with Crippen molar-refractivity contribution in [2.75, 3.05) is 31.7 Å². The Labute approximate surface area is 169 Å². The maximum absolute atomic E-state index is 10.7. The minimum absolute atomic E-state index is 0. The molecule has 1 saturated heterocycles. The van der Waals surface area contributed by atoms with Gasteiger partial charge in [0.15, 0.2) is 5.96 Å². The average molecular weight is 480 g/mol. The van der Waals surface area contributed by atoms with Crippen molar-refractivity contribution in [3.05, 3.63) is 39.9 Å². The number of nitro groups is 1. The molecule has 0 bridgehead atoms. The summed E-state index contributed by atoms with van der Waals surface area (Å²) in [5.41, 5.74) is 1.03. The van der Waals surface area contributed by atoms with Gasteiger partial charge in [0.05, 0.1) is 17.6 Å². The fraction of sp³-hybridized carbons (Fsp3) is 0.562. The summed E-state index contributed by atoms with van der Waals surface area (Å²) >= 11 is 1.77. The molecule has 1 heterocycles. The average Bonchev–Trinajstić information content (AvgIpc) is 3.11. The molecule has 0 amide bonds. The second kappa shape index (κ2) is 12.3. The molecular formula is C16H25IN4O3S. The number of halogens is 1. The number of aliphatic imine (C=N–C) groups is 1. The third-order valence-corrected chi connectivity index (χ3v) is 4.30. The Morgan fingerprint density at radius 1 is 1.40 bits per heavy atom. The van der Waals surface area contributed by atoms with Crippen LogP contribution in [0.5, 0.6) is 0 Å². The molecule has 0 saturated carbocycles. The minimum atomic E-state index is -0.397. The Morgan fingerprint density at radius 2 is 2.16 bits per heavy atom. The van der Waals surface area contributed by atoms with Crippen LogP contribution < -0.4 is 10.6 Å². The van der Waals surface area contributed by atoms with Crippen LogP contribution in [0.1, 0.15) is 18.4 Å². The Bertz CT molecular complexity index is 551. The third kappa shape index (κ3) is 8.23. The largest absolute Gasteiger partial charge is 0.376 e. The summed E-state index contributed by atoms with van der Waals surface area (Å²) in [6, 6.07) is 6.49. The molecule has 2 rings (SSSR count). The van der Waals surface area contributed by atoms with Crippen LogP contribution in [0.25, 0.3) is 0 Å². The molecule has 1 aliphatic heterocycles. The summed E-state index contributed by atoms with van der Waals surface area (Å²) in [6.45, 7) is 2.88. The number of thioether (sulfide) groups is 1. The minimum Gasteiger partial charge on any atom is -0.376 e. The van der Waals surface area contributed by atoms with E-state index in [-0.39, 0.29) is 35.8 Å². The van der Waals surface area contributed by atoms with Crippen molar-refractivity contribution in [1.82, 2.24) is 10.6 Å². The Kier molecular flexibility index (Phi) is 10.8. The van der Waals surface area contributed by atoms with Crippen LogP contribution in [0.4, 0.5) is 5.69 Å². The molecule has 0 aromatic heterocycles. The lowest BCUT2D eigenvalue weighted by atomic mass is 10.2. The van der Waals surface area contributed by atoms with Crippen LogP contribution in [-0.4, -0.2) is 48.7 Å². The van der Waals surface area contributed by atoms with Gasteiger partial charge in [-0.1, -0.05) is 12.1 Å². The highest BCUT2D eigenvalue weighted by Gasteiger charge is 2.15. The van der Waals surface area contributed by atoms with Gasteiger partial charge in [-0.3, -0.25) is 10.1 Å². The Balaban J connectivity index is 0.00000312. The van der Waals surface area contributed by atoms with Crippen LogP contribution in [-0.2, 0) is 11.3 Å². The maximum Gasteiger partial charge on any atom is 0.269 e. The van der Waals surface area contributed by atoms with Gasteiger partial charge in [-0.2, -0.15) is 11.8 Å². The van der Waals surface area contributed by atoms with E-state index in [0.717, 1.165) is 49.8 Å². The lowest BCUT2D eigenvalue weighted by Crippen LogP contribution is -2.42. The quantitative estimate of drug-likeness (QED) is 0.149. The SMILES string of the molecule is CSCCNC(=NCc1ccc([N+](=O)[O-])cc1)NCC1CCCO1.I. The molecule has 1 unspecified atom stereocenters. The standard InChI is InChI=1S/C16H24N4O3S.HI/c1-24-10-8-17-16(19-12-15-3-2-9-23-15)18-11-13-4-6-14(7-5-13)20(21)22;/h4-7,15H,2-3,8-12H2,1H3,(H2,17,18,19);1H. The van der Waals surface area contributed by atoms with Gasteiger partial charge in [0.1, 0.15) is 0 Å². The van der Waals surface area contributed by atoms with Crippen molar-refractivity contribution in [2.45, 2.75) is 25.5 Å². The summed E-state index contributed by atoms with van der Waals surface area (Å²) in [7, 11) is 0. The topological polar surface area (TPSA) is 88.8 Å².